The number of fused-ring (bicyclic) bond motifs is 1. The van der Waals surface area contributed by atoms with Crippen LogP contribution in [0.5, 0.6) is 11.5 Å². The molecule has 27 heavy (non-hydrogen) atoms. The number of carbonyl (C=O) groups excluding carboxylic acids is 1. The summed E-state index contributed by atoms with van der Waals surface area (Å²) in [5.41, 5.74) is 1.30. The first-order valence-corrected chi connectivity index (χ1v) is 10.7. The number of hydrogen-bond acceptors (Lipinski definition) is 7. The molecule has 0 fully saturated rings. The number of anilines is 2. The first kappa shape index (κ1) is 19.4. The van der Waals surface area contributed by atoms with Crippen molar-refractivity contribution in [3.8, 4) is 11.5 Å². The largest absolute Gasteiger partial charge is 0.497 e. The fourth-order valence-corrected chi connectivity index (χ4v) is 4.55. The molecule has 3 rings (SSSR count). The highest BCUT2D eigenvalue weighted by Gasteiger charge is 2.26. The van der Waals surface area contributed by atoms with E-state index in [0.717, 1.165) is 10.6 Å². The number of urea groups is 1. The molecule has 2 aromatic rings. The first-order valence-electron chi connectivity index (χ1n) is 8.04. The van der Waals surface area contributed by atoms with Gasteiger partial charge in [0.15, 0.2) is 5.13 Å². The maximum absolute atomic E-state index is 12.3. The molecule has 1 aromatic heterocycles. The Labute approximate surface area is 161 Å². The molecule has 1 aromatic carbocycles. The summed E-state index contributed by atoms with van der Waals surface area (Å²) in [5, 5.41) is 5.81. The number of ether oxygens (including phenoxy) is 2. The van der Waals surface area contributed by atoms with Gasteiger partial charge in [-0.25, -0.2) is 18.2 Å². The lowest BCUT2D eigenvalue weighted by atomic mass is 10.2. The van der Waals surface area contributed by atoms with Crippen LogP contribution in [-0.2, 0) is 23.0 Å². The fraction of sp³-hybridized carbons (Fsp3) is 0.375. The Morgan fingerprint density at radius 1 is 1.26 bits per heavy atom. The summed E-state index contributed by atoms with van der Waals surface area (Å²) in [4.78, 5) is 17.5. The van der Waals surface area contributed by atoms with Crippen LogP contribution in [0.4, 0.5) is 15.6 Å². The van der Waals surface area contributed by atoms with E-state index >= 15 is 0 Å². The van der Waals surface area contributed by atoms with E-state index in [4.69, 9.17) is 9.47 Å². The van der Waals surface area contributed by atoms with Gasteiger partial charge in [-0.2, -0.15) is 4.31 Å². The number of amides is 2. The minimum atomic E-state index is -3.25. The second-order valence-electron chi connectivity index (χ2n) is 5.88. The number of sulfonamides is 1. The molecule has 0 bridgehead atoms. The minimum Gasteiger partial charge on any atom is -0.497 e. The van der Waals surface area contributed by atoms with Crippen molar-refractivity contribution in [2.75, 3.05) is 37.7 Å². The number of nitrogens with one attached hydrogen (secondary N) is 2. The highest BCUT2D eigenvalue weighted by atomic mass is 32.2. The zero-order valence-electron chi connectivity index (χ0n) is 15.1. The monoisotopic (exact) mass is 412 g/mol. The summed E-state index contributed by atoms with van der Waals surface area (Å²) >= 11 is 1.27. The third-order valence-electron chi connectivity index (χ3n) is 4.04. The zero-order valence-corrected chi connectivity index (χ0v) is 16.7. The number of hydrogen-bond donors (Lipinski definition) is 2. The lowest BCUT2D eigenvalue weighted by Crippen LogP contribution is -2.34. The Bertz CT molecular complexity index is 958. The van der Waals surface area contributed by atoms with Gasteiger partial charge in [0.25, 0.3) is 0 Å². The van der Waals surface area contributed by atoms with Gasteiger partial charge in [0.2, 0.25) is 10.0 Å². The predicted octanol–water partition coefficient (Wildman–Crippen LogP) is 2.12. The first-order chi connectivity index (χ1) is 12.8. The van der Waals surface area contributed by atoms with E-state index in [-0.39, 0.29) is 6.54 Å². The number of benzene rings is 1. The molecule has 9 nitrogen and oxygen atoms in total. The molecule has 11 heteroatoms. The van der Waals surface area contributed by atoms with Crippen LogP contribution in [-0.4, -0.2) is 50.8 Å². The lowest BCUT2D eigenvalue weighted by molar-refractivity contribution is 0.262. The summed E-state index contributed by atoms with van der Waals surface area (Å²) in [5.74, 6) is 1.08. The number of thiazole rings is 1. The molecular formula is C16H20N4O5S2. The standard InChI is InChI=1S/C16H20N4O5S2/c1-24-10-4-5-11(13(8-10)25-2)17-15(21)19-16-18-12-6-7-20(27(3,22)23)9-14(12)26-16/h4-5,8H,6-7,9H2,1-3H3,(H2,17,18,19,21). The molecule has 0 unspecified atom stereocenters. The van der Waals surface area contributed by atoms with E-state index in [1.54, 1.807) is 25.3 Å². The highest BCUT2D eigenvalue weighted by molar-refractivity contribution is 7.88. The second-order valence-corrected chi connectivity index (χ2v) is 8.95. The number of rotatable bonds is 5. The molecule has 0 spiro atoms. The van der Waals surface area contributed by atoms with Crippen molar-refractivity contribution < 1.29 is 22.7 Å². The molecule has 0 saturated heterocycles. The molecule has 2 N–H and O–H groups in total. The smallest absolute Gasteiger partial charge is 0.325 e. The fourth-order valence-electron chi connectivity index (χ4n) is 2.66. The van der Waals surface area contributed by atoms with Gasteiger partial charge in [-0.15, -0.1) is 0 Å². The summed E-state index contributed by atoms with van der Waals surface area (Å²) in [7, 11) is -0.203. The minimum absolute atomic E-state index is 0.279. The highest BCUT2D eigenvalue weighted by Crippen LogP contribution is 2.31. The van der Waals surface area contributed by atoms with Gasteiger partial charge in [-0.05, 0) is 12.1 Å². The van der Waals surface area contributed by atoms with Crippen LogP contribution in [0, 0.1) is 0 Å². The number of methoxy groups -OCH3 is 2. The Hall–Kier alpha value is -2.37. The summed E-state index contributed by atoms with van der Waals surface area (Å²) in [6.45, 7) is 0.672. The molecule has 1 aliphatic rings. The predicted molar refractivity (Wildman–Crippen MR) is 103 cm³/mol. The number of aromatic nitrogens is 1. The van der Waals surface area contributed by atoms with Crippen molar-refractivity contribution in [1.82, 2.24) is 9.29 Å². The summed E-state index contributed by atoms with van der Waals surface area (Å²) < 4.78 is 35.2. The van der Waals surface area contributed by atoms with Crippen LogP contribution >= 0.6 is 11.3 Å². The van der Waals surface area contributed by atoms with Gasteiger partial charge < -0.3 is 14.8 Å². The van der Waals surface area contributed by atoms with Gasteiger partial charge in [0, 0.05) is 30.5 Å². The Balaban J connectivity index is 1.69. The summed E-state index contributed by atoms with van der Waals surface area (Å²) in [6.07, 6.45) is 1.71. The molecule has 0 radical (unpaired) electrons. The average molecular weight is 412 g/mol. The van der Waals surface area contributed by atoms with Gasteiger partial charge in [0.1, 0.15) is 11.5 Å². The molecule has 146 valence electrons. The second kappa shape index (κ2) is 7.71. The van der Waals surface area contributed by atoms with Crippen LogP contribution in [0.3, 0.4) is 0 Å². The maximum atomic E-state index is 12.3. The average Bonchev–Trinajstić information content (AvgIpc) is 3.02. The SMILES string of the molecule is COc1ccc(NC(=O)Nc2nc3c(s2)CN(S(C)(=O)=O)CC3)c(OC)c1. The van der Waals surface area contributed by atoms with Crippen molar-refractivity contribution in [3.05, 3.63) is 28.8 Å². The van der Waals surface area contributed by atoms with Crippen LogP contribution in [0.25, 0.3) is 0 Å². The third kappa shape index (κ3) is 4.49. The van der Waals surface area contributed by atoms with Crippen molar-refractivity contribution in [2.24, 2.45) is 0 Å². The number of carbonyl (C=O) groups is 1. The zero-order chi connectivity index (χ0) is 19.6. The van der Waals surface area contributed by atoms with Crippen molar-refractivity contribution in [2.45, 2.75) is 13.0 Å². The Morgan fingerprint density at radius 2 is 2.04 bits per heavy atom. The normalized spacial score (nSPS) is 14.3. The molecule has 2 heterocycles. The van der Waals surface area contributed by atoms with Gasteiger partial charge in [0.05, 0.1) is 31.9 Å². The third-order valence-corrected chi connectivity index (χ3v) is 6.29. The molecule has 1 aliphatic heterocycles. The molecule has 0 saturated carbocycles. The summed E-state index contributed by atoms with van der Waals surface area (Å²) in [6, 6.07) is 4.58. The Kier molecular flexibility index (Phi) is 5.53. The van der Waals surface area contributed by atoms with E-state index in [1.165, 1.54) is 29.0 Å². The van der Waals surface area contributed by atoms with E-state index in [0.29, 0.717) is 35.3 Å². The van der Waals surface area contributed by atoms with Gasteiger partial charge >= 0.3 is 6.03 Å². The van der Waals surface area contributed by atoms with E-state index in [2.05, 4.69) is 15.6 Å². The topological polar surface area (TPSA) is 110 Å². The van der Waals surface area contributed by atoms with E-state index in [9.17, 15) is 13.2 Å². The van der Waals surface area contributed by atoms with Crippen molar-refractivity contribution >= 4 is 38.2 Å². The molecule has 2 amide bonds. The Morgan fingerprint density at radius 3 is 2.70 bits per heavy atom. The van der Waals surface area contributed by atoms with Crippen LogP contribution in [0.2, 0.25) is 0 Å². The molecular weight excluding hydrogens is 392 g/mol. The number of nitrogens with zero attached hydrogens (tertiary/aromatic N) is 2. The molecule has 0 aliphatic carbocycles. The van der Waals surface area contributed by atoms with Crippen molar-refractivity contribution in [1.29, 1.82) is 0 Å². The van der Waals surface area contributed by atoms with Gasteiger partial charge in [-0.1, -0.05) is 11.3 Å². The van der Waals surface area contributed by atoms with Crippen LogP contribution < -0.4 is 20.1 Å². The molecule has 0 atom stereocenters. The maximum Gasteiger partial charge on any atom is 0.325 e. The quantitative estimate of drug-likeness (QED) is 0.778. The van der Waals surface area contributed by atoms with Crippen LogP contribution in [0.1, 0.15) is 10.6 Å². The van der Waals surface area contributed by atoms with Crippen LogP contribution in [0.15, 0.2) is 18.2 Å². The lowest BCUT2D eigenvalue weighted by Gasteiger charge is -2.23. The van der Waals surface area contributed by atoms with Gasteiger partial charge in [-0.3, -0.25) is 5.32 Å². The van der Waals surface area contributed by atoms with E-state index in [1.807, 2.05) is 0 Å². The van der Waals surface area contributed by atoms with E-state index < -0.39 is 16.1 Å². The van der Waals surface area contributed by atoms with Crippen molar-refractivity contribution in [3.63, 3.8) is 0 Å².